The molecule has 30 heavy (non-hydrogen) atoms. The molecule has 0 bridgehead atoms. The molecule has 0 aliphatic heterocycles. The third-order valence-corrected chi connectivity index (χ3v) is 5.10. The van der Waals surface area contributed by atoms with Crippen LogP contribution in [0.25, 0.3) is 0 Å². The second-order valence-electron chi connectivity index (χ2n) is 7.76. The first kappa shape index (κ1) is 26.2. The molecule has 0 saturated heterocycles. The van der Waals surface area contributed by atoms with E-state index in [1.54, 1.807) is 0 Å². The molecule has 0 heterocycles. The van der Waals surface area contributed by atoms with Crippen molar-refractivity contribution in [3.8, 4) is 0 Å². The molecule has 0 radical (unpaired) electrons. The van der Waals surface area contributed by atoms with E-state index >= 15 is 0 Å². The molecular formula is C26H34Cl2N2. The third-order valence-electron chi connectivity index (χ3n) is 5.10. The summed E-state index contributed by atoms with van der Waals surface area (Å²) in [4.78, 5) is 0. The van der Waals surface area contributed by atoms with Crippen LogP contribution in [0.3, 0.4) is 0 Å². The van der Waals surface area contributed by atoms with Crippen LogP contribution in [0.1, 0.15) is 36.1 Å². The number of benzene rings is 3. The molecule has 0 amide bonds. The second-order valence-corrected chi connectivity index (χ2v) is 7.76. The van der Waals surface area contributed by atoms with E-state index < -0.39 is 0 Å². The lowest BCUT2D eigenvalue weighted by molar-refractivity contribution is 0.542. The van der Waals surface area contributed by atoms with Crippen LogP contribution in [0.2, 0.25) is 0 Å². The number of hydrogen-bond acceptors (Lipinski definition) is 2. The van der Waals surface area contributed by atoms with Gasteiger partial charge < -0.3 is 10.6 Å². The van der Waals surface area contributed by atoms with Crippen molar-refractivity contribution in [2.24, 2.45) is 0 Å². The van der Waals surface area contributed by atoms with E-state index in [2.05, 4.69) is 109 Å². The Morgan fingerprint density at radius 2 is 0.833 bits per heavy atom. The lowest BCUT2D eigenvalue weighted by Crippen LogP contribution is -2.28. The van der Waals surface area contributed by atoms with Gasteiger partial charge in [-0.1, -0.05) is 84.9 Å². The van der Waals surface area contributed by atoms with Gasteiger partial charge in [0, 0.05) is 25.2 Å². The Labute approximate surface area is 194 Å². The Morgan fingerprint density at radius 1 is 0.500 bits per heavy atom. The van der Waals surface area contributed by atoms with Crippen molar-refractivity contribution < 1.29 is 0 Å². The van der Waals surface area contributed by atoms with E-state index in [4.69, 9.17) is 0 Å². The first-order valence-corrected chi connectivity index (χ1v) is 10.3. The number of halogens is 2. The summed E-state index contributed by atoms with van der Waals surface area (Å²) in [5.74, 6) is 0. The van der Waals surface area contributed by atoms with Crippen LogP contribution in [0.4, 0.5) is 0 Å². The lowest BCUT2D eigenvalue weighted by atomic mass is 10.0. The fourth-order valence-corrected chi connectivity index (χ4v) is 3.44. The van der Waals surface area contributed by atoms with Crippen LogP contribution in [-0.4, -0.2) is 12.1 Å². The quantitative estimate of drug-likeness (QED) is 0.402. The van der Waals surface area contributed by atoms with Crippen molar-refractivity contribution in [2.75, 3.05) is 0 Å². The van der Waals surface area contributed by atoms with E-state index in [9.17, 15) is 0 Å². The number of nitrogens with one attached hydrogen (secondary N) is 2. The molecule has 3 rings (SSSR count). The molecule has 2 unspecified atom stereocenters. The van der Waals surface area contributed by atoms with E-state index in [-0.39, 0.29) is 24.8 Å². The lowest BCUT2D eigenvalue weighted by Gasteiger charge is -2.16. The average Bonchev–Trinajstić information content (AvgIpc) is 2.74. The minimum absolute atomic E-state index is 0. The normalized spacial score (nSPS) is 12.3. The van der Waals surface area contributed by atoms with Gasteiger partial charge in [0.2, 0.25) is 0 Å². The Kier molecular flexibility index (Phi) is 12.4. The van der Waals surface area contributed by atoms with Gasteiger partial charge in [-0.25, -0.2) is 0 Å². The van der Waals surface area contributed by atoms with Crippen LogP contribution in [0.5, 0.6) is 0 Å². The minimum Gasteiger partial charge on any atom is -0.310 e. The monoisotopic (exact) mass is 444 g/mol. The molecule has 0 aliphatic rings. The molecule has 3 aromatic rings. The van der Waals surface area contributed by atoms with Gasteiger partial charge in [0.1, 0.15) is 0 Å². The van der Waals surface area contributed by atoms with Gasteiger partial charge in [0.25, 0.3) is 0 Å². The van der Waals surface area contributed by atoms with Crippen molar-refractivity contribution in [3.63, 3.8) is 0 Å². The van der Waals surface area contributed by atoms with Gasteiger partial charge in [-0.2, -0.15) is 0 Å². The molecular weight excluding hydrogens is 411 g/mol. The van der Waals surface area contributed by atoms with Crippen molar-refractivity contribution in [3.05, 3.63) is 107 Å². The highest BCUT2D eigenvalue weighted by Crippen LogP contribution is 2.10. The summed E-state index contributed by atoms with van der Waals surface area (Å²) >= 11 is 0. The third kappa shape index (κ3) is 9.32. The highest BCUT2D eigenvalue weighted by molar-refractivity contribution is 5.85. The molecule has 2 nitrogen and oxygen atoms in total. The Balaban J connectivity index is 0.00000225. The van der Waals surface area contributed by atoms with Gasteiger partial charge in [-0.3, -0.25) is 0 Å². The van der Waals surface area contributed by atoms with Crippen LogP contribution >= 0.6 is 24.8 Å². The molecule has 162 valence electrons. The molecule has 0 saturated carbocycles. The minimum atomic E-state index is 0. The summed E-state index contributed by atoms with van der Waals surface area (Å²) in [6.07, 6.45) is 2.10. The summed E-state index contributed by atoms with van der Waals surface area (Å²) < 4.78 is 0. The molecule has 2 N–H and O–H groups in total. The fraction of sp³-hybridized carbons (Fsp3) is 0.308. The Bertz CT molecular complexity index is 737. The topological polar surface area (TPSA) is 24.1 Å². The maximum Gasteiger partial charge on any atom is 0.0208 e. The first-order valence-electron chi connectivity index (χ1n) is 10.3. The van der Waals surface area contributed by atoms with Gasteiger partial charge in [-0.15, -0.1) is 24.8 Å². The van der Waals surface area contributed by atoms with Crippen molar-refractivity contribution in [1.82, 2.24) is 10.6 Å². The van der Waals surface area contributed by atoms with Crippen LogP contribution in [0.15, 0.2) is 84.9 Å². The second kappa shape index (κ2) is 14.2. The molecule has 0 aliphatic carbocycles. The largest absolute Gasteiger partial charge is 0.310 e. The van der Waals surface area contributed by atoms with Crippen LogP contribution in [0, 0.1) is 0 Å². The van der Waals surface area contributed by atoms with E-state index in [0.717, 1.165) is 25.9 Å². The standard InChI is InChI=1S/C26H32N2.2ClH/c1-21(27-19-25-9-5-3-6-10-25)17-23-13-15-24(16-14-23)18-22(2)28-20-26-11-7-4-8-12-26;;/h3-16,21-22,27-28H,17-20H2,1-2H3;2*1H. The zero-order valence-electron chi connectivity index (χ0n) is 17.9. The van der Waals surface area contributed by atoms with Gasteiger partial charge >= 0.3 is 0 Å². The van der Waals surface area contributed by atoms with Crippen LogP contribution in [-0.2, 0) is 25.9 Å². The van der Waals surface area contributed by atoms with E-state index in [1.165, 1.54) is 22.3 Å². The fourth-order valence-electron chi connectivity index (χ4n) is 3.44. The maximum atomic E-state index is 3.62. The highest BCUT2D eigenvalue weighted by atomic mass is 35.5. The SMILES string of the molecule is CC(Cc1ccc(CC(C)NCc2ccccc2)cc1)NCc1ccccc1.Cl.Cl. The Hall–Kier alpha value is -1.84. The Morgan fingerprint density at radius 3 is 1.17 bits per heavy atom. The molecule has 0 spiro atoms. The number of rotatable bonds is 10. The molecule has 3 aromatic carbocycles. The maximum absolute atomic E-state index is 3.62. The summed E-state index contributed by atoms with van der Waals surface area (Å²) in [5.41, 5.74) is 5.45. The average molecular weight is 445 g/mol. The molecule has 0 fully saturated rings. The summed E-state index contributed by atoms with van der Waals surface area (Å²) in [6.45, 7) is 6.36. The molecule has 2 atom stereocenters. The zero-order valence-corrected chi connectivity index (χ0v) is 19.5. The van der Waals surface area contributed by atoms with E-state index in [1.807, 2.05) is 0 Å². The van der Waals surface area contributed by atoms with Gasteiger partial charge in [0.05, 0.1) is 0 Å². The summed E-state index contributed by atoms with van der Waals surface area (Å²) in [6, 6.07) is 31.2. The van der Waals surface area contributed by atoms with Gasteiger partial charge in [0.15, 0.2) is 0 Å². The highest BCUT2D eigenvalue weighted by Gasteiger charge is 2.06. The van der Waals surface area contributed by atoms with E-state index in [0.29, 0.717) is 12.1 Å². The summed E-state index contributed by atoms with van der Waals surface area (Å²) in [7, 11) is 0. The van der Waals surface area contributed by atoms with Crippen molar-refractivity contribution in [1.29, 1.82) is 0 Å². The van der Waals surface area contributed by atoms with Crippen molar-refractivity contribution in [2.45, 2.75) is 51.9 Å². The van der Waals surface area contributed by atoms with Gasteiger partial charge in [-0.05, 0) is 48.9 Å². The predicted octanol–water partition coefficient (Wildman–Crippen LogP) is 5.97. The number of hydrogen-bond donors (Lipinski definition) is 2. The molecule has 0 aromatic heterocycles. The smallest absolute Gasteiger partial charge is 0.0208 e. The molecule has 4 heteroatoms. The zero-order chi connectivity index (χ0) is 19.6. The van der Waals surface area contributed by atoms with Crippen LogP contribution < -0.4 is 10.6 Å². The first-order chi connectivity index (χ1) is 13.7. The summed E-state index contributed by atoms with van der Waals surface area (Å²) in [5, 5.41) is 7.23. The van der Waals surface area contributed by atoms with Crippen molar-refractivity contribution >= 4 is 24.8 Å². The predicted molar refractivity (Wildman–Crippen MR) is 134 cm³/mol.